The molecule has 1 aromatic rings. The van der Waals surface area contributed by atoms with Gasteiger partial charge in [0.2, 0.25) is 6.35 Å². The fraction of sp³-hybridized carbons (Fsp3) is 0.400. The van der Waals surface area contributed by atoms with Gasteiger partial charge >= 0.3 is 10.1 Å². The third-order valence-electron chi connectivity index (χ3n) is 3.42. The molecule has 2 rings (SSSR count). The van der Waals surface area contributed by atoms with Crippen LogP contribution in [0, 0.1) is 0 Å². The summed E-state index contributed by atoms with van der Waals surface area (Å²) in [6.45, 7) is 2.77. The molecule has 1 unspecified atom stereocenters. The van der Waals surface area contributed by atoms with Crippen molar-refractivity contribution < 1.29 is 17.4 Å². The SMILES string of the molecule is CCCCN1C=CN(C)C1OS(=O)(=O)c1ccccc1C=O. The Labute approximate surface area is 131 Å². The smallest absolute Gasteiger partial charge is 0.301 e. The lowest BCUT2D eigenvalue weighted by Crippen LogP contribution is -2.41. The van der Waals surface area contributed by atoms with Crippen LogP contribution in [0.4, 0.5) is 0 Å². The minimum atomic E-state index is -4.03. The van der Waals surface area contributed by atoms with E-state index in [1.165, 1.54) is 12.1 Å². The summed E-state index contributed by atoms with van der Waals surface area (Å²) in [5.74, 6) is 0. The molecular weight excluding hydrogens is 304 g/mol. The Kier molecular flexibility index (Phi) is 5.20. The maximum atomic E-state index is 12.5. The molecule has 120 valence electrons. The third kappa shape index (κ3) is 3.48. The fourth-order valence-electron chi connectivity index (χ4n) is 2.19. The highest BCUT2D eigenvalue weighted by atomic mass is 32.2. The van der Waals surface area contributed by atoms with Crippen LogP contribution in [0.2, 0.25) is 0 Å². The molecule has 1 atom stereocenters. The summed E-state index contributed by atoms with van der Waals surface area (Å²) >= 11 is 0. The normalized spacial score (nSPS) is 18.0. The van der Waals surface area contributed by atoms with Crippen molar-refractivity contribution in [2.75, 3.05) is 13.6 Å². The highest BCUT2D eigenvalue weighted by molar-refractivity contribution is 7.86. The summed E-state index contributed by atoms with van der Waals surface area (Å²) in [6.07, 6.45) is 5.30. The van der Waals surface area contributed by atoms with E-state index in [9.17, 15) is 13.2 Å². The molecule has 0 bridgehead atoms. The number of carbonyl (C=O) groups is 1. The van der Waals surface area contributed by atoms with Gasteiger partial charge in [-0.05, 0) is 12.5 Å². The summed E-state index contributed by atoms with van der Waals surface area (Å²) in [6, 6.07) is 6.00. The Balaban J connectivity index is 2.22. The molecule has 1 heterocycles. The van der Waals surface area contributed by atoms with E-state index >= 15 is 0 Å². The number of hydrogen-bond donors (Lipinski definition) is 0. The van der Waals surface area contributed by atoms with Gasteiger partial charge in [0, 0.05) is 31.6 Å². The molecular formula is C15H20N2O4S. The van der Waals surface area contributed by atoms with Crippen LogP contribution in [-0.4, -0.2) is 44.4 Å². The molecule has 0 aliphatic carbocycles. The molecule has 1 aliphatic heterocycles. The first kappa shape index (κ1) is 16.5. The van der Waals surface area contributed by atoms with Crippen LogP contribution in [0.1, 0.15) is 30.1 Å². The van der Waals surface area contributed by atoms with E-state index in [0.29, 0.717) is 12.8 Å². The average Bonchev–Trinajstić information content (AvgIpc) is 2.85. The average molecular weight is 324 g/mol. The van der Waals surface area contributed by atoms with Crippen molar-refractivity contribution in [1.29, 1.82) is 0 Å². The lowest BCUT2D eigenvalue weighted by molar-refractivity contribution is -0.00890. The second-order valence-electron chi connectivity index (χ2n) is 5.09. The summed E-state index contributed by atoms with van der Waals surface area (Å²) in [5.41, 5.74) is 0.0937. The fourth-order valence-corrected chi connectivity index (χ4v) is 3.42. The van der Waals surface area contributed by atoms with Crippen molar-refractivity contribution in [3.8, 4) is 0 Å². The van der Waals surface area contributed by atoms with E-state index in [-0.39, 0.29) is 10.5 Å². The highest BCUT2D eigenvalue weighted by Gasteiger charge is 2.31. The van der Waals surface area contributed by atoms with Crippen LogP contribution in [0.3, 0.4) is 0 Å². The van der Waals surface area contributed by atoms with Crippen molar-refractivity contribution in [3.63, 3.8) is 0 Å². The molecule has 6 nitrogen and oxygen atoms in total. The molecule has 22 heavy (non-hydrogen) atoms. The predicted molar refractivity (Wildman–Crippen MR) is 82.4 cm³/mol. The Morgan fingerprint density at radius 1 is 1.27 bits per heavy atom. The molecule has 0 N–H and O–H groups in total. The molecule has 0 saturated carbocycles. The number of carbonyl (C=O) groups excluding carboxylic acids is 1. The first-order valence-corrected chi connectivity index (χ1v) is 8.54. The maximum Gasteiger partial charge on any atom is 0.301 e. The summed E-state index contributed by atoms with van der Waals surface area (Å²) < 4.78 is 30.3. The summed E-state index contributed by atoms with van der Waals surface area (Å²) in [7, 11) is -2.29. The van der Waals surface area contributed by atoms with Gasteiger partial charge in [-0.15, -0.1) is 0 Å². The van der Waals surface area contributed by atoms with Gasteiger partial charge in [0.25, 0.3) is 0 Å². The van der Waals surface area contributed by atoms with Gasteiger partial charge in [-0.1, -0.05) is 31.5 Å². The number of nitrogens with zero attached hydrogens (tertiary/aromatic N) is 2. The second kappa shape index (κ2) is 6.93. The topological polar surface area (TPSA) is 66.9 Å². The zero-order chi connectivity index (χ0) is 16.2. The van der Waals surface area contributed by atoms with Crippen LogP contribution < -0.4 is 0 Å². The number of unbranched alkanes of at least 4 members (excludes halogenated alkanes) is 1. The van der Waals surface area contributed by atoms with Gasteiger partial charge in [-0.2, -0.15) is 8.42 Å². The van der Waals surface area contributed by atoms with Gasteiger partial charge in [0.15, 0.2) is 6.29 Å². The Morgan fingerprint density at radius 2 is 2.00 bits per heavy atom. The van der Waals surface area contributed by atoms with E-state index in [2.05, 4.69) is 6.92 Å². The minimum absolute atomic E-state index is 0.0937. The lowest BCUT2D eigenvalue weighted by atomic mass is 10.2. The van der Waals surface area contributed by atoms with E-state index in [1.54, 1.807) is 30.3 Å². The monoisotopic (exact) mass is 324 g/mol. The number of hydrogen-bond acceptors (Lipinski definition) is 6. The maximum absolute atomic E-state index is 12.5. The van der Waals surface area contributed by atoms with Crippen LogP contribution in [-0.2, 0) is 14.3 Å². The number of benzene rings is 1. The van der Waals surface area contributed by atoms with E-state index in [1.807, 2.05) is 11.1 Å². The summed E-state index contributed by atoms with van der Waals surface area (Å²) in [4.78, 5) is 14.4. The van der Waals surface area contributed by atoms with Crippen molar-refractivity contribution in [3.05, 3.63) is 42.2 Å². The summed E-state index contributed by atoms with van der Waals surface area (Å²) in [5, 5.41) is 0. The molecule has 1 aromatic carbocycles. The quantitative estimate of drug-likeness (QED) is 0.564. The molecule has 0 aromatic heterocycles. The predicted octanol–water partition coefficient (Wildman–Crippen LogP) is 2.01. The first-order chi connectivity index (χ1) is 10.5. The molecule has 0 radical (unpaired) electrons. The molecule has 0 amide bonds. The van der Waals surface area contributed by atoms with Crippen molar-refractivity contribution in [2.24, 2.45) is 0 Å². The standard InChI is InChI=1S/C15H20N2O4S/c1-3-4-9-17-11-10-16(2)15(17)21-22(19,20)14-8-6-5-7-13(14)12-18/h5-8,10-12,15H,3-4,9H2,1-2H3. The molecule has 0 spiro atoms. The van der Waals surface area contributed by atoms with Crippen molar-refractivity contribution in [1.82, 2.24) is 9.80 Å². The lowest BCUT2D eigenvalue weighted by Gasteiger charge is -2.29. The van der Waals surface area contributed by atoms with Crippen molar-refractivity contribution >= 4 is 16.4 Å². The van der Waals surface area contributed by atoms with Gasteiger partial charge in [0.1, 0.15) is 4.90 Å². The van der Waals surface area contributed by atoms with E-state index < -0.39 is 16.5 Å². The highest BCUT2D eigenvalue weighted by Crippen LogP contribution is 2.23. The Hall–Kier alpha value is -1.86. The van der Waals surface area contributed by atoms with Crippen LogP contribution >= 0.6 is 0 Å². The van der Waals surface area contributed by atoms with Crippen LogP contribution in [0.15, 0.2) is 41.6 Å². The van der Waals surface area contributed by atoms with E-state index in [4.69, 9.17) is 4.18 Å². The molecule has 0 saturated heterocycles. The van der Waals surface area contributed by atoms with Gasteiger partial charge < -0.3 is 9.80 Å². The molecule has 7 heteroatoms. The first-order valence-electron chi connectivity index (χ1n) is 7.13. The Morgan fingerprint density at radius 3 is 2.68 bits per heavy atom. The molecule has 0 fully saturated rings. The number of aldehydes is 1. The minimum Gasteiger partial charge on any atom is -0.336 e. The zero-order valence-corrected chi connectivity index (χ0v) is 13.5. The Bertz CT molecular complexity index is 657. The zero-order valence-electron chi connectivity index (χ0n) is 12.7. The van der Waals surface area contributed by atoms with Crippen molar-refractivity contribution in [2.45, 2.75) is 31.0 Å². The molecule has 1 aliphatic rings. The third-order valence-corrected chi connectivity index (χ3v) is 4.76. The van der Waals surface area contributed by atoms with E-state index in [0.717, 1.165) is 12.8 Å². The van der Waals surface area contributed by atoms with Crippen LogP contribution in [0.25, 0.3) is 0 Å². The van der Waals surface area contributed by atoms with Gasteiger partial charge in [-0.3, -0.25) is 4.79 Å². The second-order valence-corrected chi connectivity index (χ2v) is 6.63. The van der Waals surface area contributed by atoms with Gasteiger partial charge in [0.05, 0.1) is 0 Å². The van der Waals surface area contributed by atoms with Crippen LogP contribution in [0.5, 0.6) is 0 Å². The number of rotatable bonds is 7. The largest absolute Gasteiger partial charge is 0.336 e. The van der Waals surface area contributed by atoms with Gasteiger partial charge in [-0.25, -0.2) is 4.18 Å².